The Morgan fingerprint density at radius 3 is 2.08 bits per heavy atom. The Morgan fingerprint density at radius 2 is 1.58 bits per heavy atom. The van der Waals surface area contributed by atoms with Gasteiger partial charge in [-0.15, -0.1) is 0 Å². The van der Waals surface area contributed by atoms with E-state index >= 15 is 0 Å². The molecule has 0 aliphatic rings. The molecule has 6 nitrogen and oxygen atoms in total. The number of carboxylic acid groups (broad SMARTS) is 1. The quantitative estimate of drug-likeness (QED) is 0.475. The zero-order valence-electron chi connectivity index (χ0n) is 15.7. The van der Waals surface area contributed by atoms with Crippen LogP contribution >= 0.6 is 0 Å². The van der Waals surface area contributed by atoms with Crippen LogP contribution < -0.4 is 10.6 Å². The van der Waals surface area contributed by atoms with Crippen molar-refractivity contribution in [1.82, 2.24) is 10.6 Å². The minimum absolute atomic E-state index is 0.0374. The van der Waals surface area contributed by atoms with E-state index in [9.17, 15) is 14.4 Å². The largest absolute Gasteiger partial charge is 0.481 e. The molecule has 6 heteroatoms. The minimum Gasteiger partial charge on any atom is -0.481 e. The standard InChI is InChI=1S/C18H34N2O4/c1-12(2)8-6-7-9-16(21)20-14(5)10-17(22)19-11-15(13(3)4)18(23)24/h12-15H,6-11H2,1-5H3,(H,19,22)(H,20,21)(H,23,24). The van der Waals surface area contributed by atoms with Gasteiger partial charge in [-0.2, -0.15) is 0 Å². The van der Waals surface area contributed by atoms with Gasteiger partial charge in [-0.3, -0.25) is 14.4 Å². The first-order valence-corrected chi connectivity index (χ1v) is 8.92. The maximum Gasteiger partial charge on any atom is 0.308 e. The Labute approximate surface area is 145 Å². The number of aliphatic carboxylic acids is 1. The second kappa shape index (κ2) is 11.9. The van der Waals surface area contributed by atoms with Crippen molar-refractivity contribution in [3.05, 3.63) is 0 Å². The molecule has 2 unspecified atom stereocenters. The number of carboxylic acids is 1. The molecule has 0 aromatic rings. The van der Waals surface area contributed by atoms with Crippen molar-refractivity contribution in [2.24, 2.45) is 17.8 Å². The molecule has 140 valence electrons. The van der Waals surface area contributed by atoms with Crippen molar-refractivity contribution in [3.8, 4) is 0 Å². The minimum atomic E-state index is -0.909. The second-order valence-electron chi connectivity index (χ2n) is 7.31. The SMILES string of the molecule is CC(C)CCCCC(=O)NC(C)CC(=O)NCC(C(=O)O)C(C)C. The molecule has 0 fully saturated rings. The Bertz CT molecular complexity index is 408. The molecule has 0 aromatic carbocycles. The Balaban J connectivity index is 4.00. The van der Waals surface area contributed by atoms with Gasteiger partial charge in [0.1, 0.15) is 0 Å². The van der Waals surface area contributed by atoms with Crippen LogP contribution in [0.2, 0.25) is 0 Å². The monoisotopic (exact) mass is 342 g/mol. The van der Waals surface area contributed by atoms with Crippen LogP contribution in [0.25, 0.3) is 0 Å². The lowest BCUT2D eigenvalue weighted by molar-refractivity contribution is -0.143. The summed E-state index contributed by atoms with van der Waals surface area (Å²) in [6.07, 6.45) is 3.64. The molecule has 0 radical (unpaired) electrons. The third-order valence-corrected chi connectivity index (χ3v) is 3.98. The van der Waals surface area contributed by atoms with Crippen molar-refractivity contribution in [1.29, 1.82) is 0 Å². The van der Waals surface area contributed by atoms with Gasteiger partial charge in [0, 0.05) is 25.4 Å². The average Bonchev–Trinajstić information content (AvgIpc) is 2.42. The molecule has 0 bridgehead atoms. The molecule has 2 amide bonds. The van der Waals surface area contributed by atoms with Gasteiger partial charge in [0.25, 0.3) is 0 Å². The topological polar surface area (TPSA) is 95.5 Å². The highest BCUT2D eigenvalue weighted by Gasteiger charge is 2.22. The third-order valence-electron chi connectivity index (χ3n) is 3.98. The Kier molecular flexibility index (Phi) is 11.1. The van der Waals surface area contributed by atoms with Crippen LogP contribution in [-0.2, 0) is 14.4 Å². The number of carbonyl (C=O) groups excluding carboxylic acids is 2. The number of nitrogens with one attached hydrogen (secondary N) is 2. The molecule has 0 aliphatic carbocycles. The molecular formula is C18H34N2O4. The first-order chi connectivity index (χ1) is 11.1. The van der Waals surface area contributed by atoms with Crippen LogP contribution in [0.3, 0.4) is 0 Å². The summed E-state index contributed by atoms with van der Waals surface area (Å²) < 4.78 is 0. The van der Waals surface area contributed by atoms with Crippen LogP contribution in [0.15, 0.2) is 0 Å². The number of unbranched alkanes of at least 4 members (excludes halogenated alkanes) is 1. The van der Waals surface area contributed by atoms with Crippen LogP contribution in [-0.4, -0.2) is 35.5 Å². The summed E-state index contributed by atoms with van der Waals surface area (Å²) in [5, 5.41) is 14.5. The number of hydrogen-bond donors (Lipinski definition) is 3. The molecule has 2 atom stereocenters. The lowest BCUT2D eigenvalue weighted by Gasteiger charge is -2.18. The zero-order valence-corrected chi connectivity index (χ0v) is 15.7. The smallest absolute Gasteiger partial charge is 0.308 e. The van der Waals surface area contributed by atoms with Gasteiger partial charge < -0.3 is 15.7 Å². The van der Waals surface area contributed by atoms with Crippen molar-refractivity contribution < 1.29 is 19.5 Å². The molecule has 24 heavy (non-hydrogen) atoms. The average molecular weight is 342 g/mol. The van der Waals surface area contributed by atoms with E-state index in [1.807, 2.05) is 13.8 Å². The molecule has 0 heterocycles. The highest BCUT2D eigenvalue weighted by molar-refractivity contribution is 5.80. The molecule has 0 saturated heterocycles. The van der Waals surface area contributed by atoms with E-state index in [0.29, 0.717) is 12.3 Å². The van der Waals surface area contributed by atoms with Crippen molar-refractivity contribution in [2.75, 3.05) is 6.54 Å². The number of rotatable bonds is 12. The molecule has 0 aliphatic heterocycles. The fourth-order valence-electron chi connectivity index (χ4n) is 2.42. The van der Waals surface area contributed by atoms with E-state index in [4.69, 9.17) is 5.11 Å². The Morgan fingerprint density at radius 1 is 0.958 bits per heavy atom. The van der Waals surface area contributed by atoms with Gasteiger partial charge in [-0.05, 0) is 25.2 Å². The third kappa shape index (κ3) is 11.0. The fourth-order valence-corrected chi connectivity index (χ4v) is 2.42. The van der Waals surface area contributed by atoms with Crippen molar-refractivity contribution >= 4 is 17.8 Å². The van der Waals surface area contributed by atoms with E-state index in [-0.39, 0.29) is 36.7 Å². The van der Waals surface area contributed by atoms with Crippen LogP contribution in [0, 0.1) is 17.8 Å². The summed E-state index contributed by atoms with van der Waals surface area (Å²) in [5.41, 5.74) is 0. The predicted octanol–water partition coefficient (Wildman–Crippen LogP) is 2.57. The summed E-state index contributed by atoms with van der Waals surface area (Å²) in [5.74, 6) is -1.19. The van der Waals surface area contributed by atoms with E-state index < -0.39 is 11.9 Å². The van der Waals surface area contributed by atoms with E-state index in [2.05, 4.69) is 24.5 Å². The van der Waals surface area contributed by atoms with Crippen LogP contribution in [0.1, 0.15) is 66.7 Å². The first-order valence-electron chi connectivity index (χ1n) is 8.92. The molecule has 3 N–H and O–H groups in total. The van der Waals surface area contributed by atoms with E-state index in [0.717, 1.165) is 19.3 Å². The molecule has 0 spiro atoms. The summed E-state index contributed by atoms with van der Waals surface area (Å²) >= 11 is 0. The highest BCUT2D eigenvalue weighted by atomic mass is 16.4. The van der Waals surface area contributed by atoms with Gasteiger partial charge in [0.15, 0.2) is 0 Å². The molecule has 0 saturated carbocycles. The van der Waals surface area contributed by atoms with E-state index in [1.165, 1.54) is 0 Å². The van der Waals surface area contributed by atoms with Gasteiger partial charge >= 0.3 is 5.97 Å². The van der Waals surface area contributed by atoms with Gasteiger partial charge in [-0.1, -0.05) is 40.5 Å². The normalized spacial score (nSPS) is 13.6. The van der Waals surface area contributed by atoms with Crippen molar-refractivity contribution in [3.63, 3.8) is 0 Å². The van der Waals surface area contributed by atoms with Crippen LogP contribution in [0.5, 0.6) is 0 Å². The van der Waals surface area contributed by atoms with Crippen LogP contribution in [0.4, 0.5) is 0 Å². The van der Waals surface area contributed by atoms with Gasteiger partial charge in [0.05, 0.1) is 5.92 Å². The highest BCUT2D eigenvalue weighted by Crippen LogP contribution is 2.10. The molecule has 0 rings (SSSR count). The summed E-state index contributed by atoms with van der Waals surface area (Å²) in [6.45, 7) is 9.84. The molecular weight excluding hydrogens is 308 g/mol. The summed E-state index contributed by atoms with van der Waals surface area (Å²) in [7, 11) is 0. The predicted molar refractivity (Wildman–Crippen MR) is 94.5 cm³/mol. The maximum atomic E-state index is 11.9. The lowest BCUT2D eigenvalue weighted by Crippen LogP contribution is -2.40. The lowest BCUT2D eigenvalue weighted by atomic mass is 9.96. The first kappa shape index (κ1) is 22.4. The fraction of sp³-hybridized carbons (Fsp3) is 0.833. The van der Waals surface area contributed by atoms with Crippen molar-refractivity contribution in [2.45, 2.75) is 72.8 Å². The van der Waals surface area contributed by atoms with Gasteiger partial charge in [0.2, 0.25) is 11.8 Å². The molecule has 0 aromatic heterocycles. The maximum absolute atomic E-state index is 11.9. The second-order valence-corrected chi connectivity index (χ2v) is 7.31. The van der Waals surface area contributed by atoms with E-state index in [1.54, 1.807) is 6.92 Å². The summed E-state index contributed by atoms with van der Waals surface area (Å²) in [4.78, 5) is 34.7. The number of amides is 2. The number of hydrogen-bond acceptors (Lipinski definition) is 3. The Hall–Kier alpha value is -1.59. The zero-order chi connectivity index (χ0) is 18.7. The summed E-state index contributed by atoms with van der Waals surface area (Å²) in [6, 6.07) is -0.259. The van der Waals surface area contributed by atoms with Gasteiger partial charge in [-0.25, -0.2) is 0 Å². The number of carbonyl (C=O) groups is 3.